The summed E-state index contributed by atoms with van der Waals surface area (Å²) < 4.78 is 11.4. The van der Waals surface area contributed by atoms with Crippen molar-refractivity contribution in [3.05, 3.63) is 41.0 Å². The van der Waals surface area contributed by atoms with Crippen LogP contribution in [0.5, 0.6) is 5.75 Å². The Kier molecular flexibility index (Phi) is 3.76. The molecule has 0 bridgehead atoms. The van der Waals surface area contributed by atoms with Crippen LogP contribution in [0.2, 0.25) is 0 Å². The summed E-state index contributed by atoms with van der Waals surface area (Å²) in [6.45, 7) is 2.35. The molecule has 0 aliphatic heterocycles. The fraction of sp³-hybridized carbons (Fsp3) is 0.619. The Labute approximate surface area is 139 Å². The molecule has 2 nitrogen and oxygen atoms in total. The second-order valence-electron chi connectivity index (χ2n) is 7.48. The average Bonchev–Trinajstić information content (AvgIpc) is 3.00. The third kappa shape index (κ3) is 2.11. The van der Waals surface area contributed by atoms with Crippen LogP contribution >= 0.6 is 0 Å². The number of ether oxygens (including phenoxy) is 2. The van der Waals surface area contributed by atoms with E-state index in [9.17, 15) is 0 Å². The fourth-order valence-electron chi connectivity index (χ4n) is 5.75. The molecule has 1 saturated carbocycles. The van der Waals surface area contributed by atoms with E-state index in [2.05, 4.69) is 31.2 Å². The van der Waals surface area contributed by atoms with Crippen molar-refractivity contribution < 1.29 is 9.47 Å². The zero-order valence-corrected chi connectivity index (χ0v) is 14.6. The number of hydrogen-bond donors (Lipinski definition) is 0. The van der Waals surface area contributed by atoms with Gasteiger partial charge in [-0.2, -0.15) is 0 Å². The predicted octanol–water partition coefficient (Wildman–Crippen LogP) is 4.88. The Morgan fingerprint density at radius 2 is 2.04 bits per heavy atom. The maximum atomic E-state index is 5.89. The molecule has 0 N–H and O–H groups in total. The van der Waals surface area contributed by atoms with Crippen LogP contribution in [0.3, 0.4) is 0 Å². The summed E-state index contributed by atoms with van der Waals surface area (Å²) in [4.78, 5) is 0. The molecule has 0 amide bonds. The Hall–Kier alpha value is -1.28. The van der Waals surface area contributed by atoms with Gasteiger partial charge in [-0.15, -0.1) is 0 Å². The Morgan fingerprint density at radius 3 is 2.78 bits per heavy atom. The molecule has 0 heterocycles. The lowest BCUT2D eigenvalue weighted by Crippen LogP contribution is -2.42. The van der Waals surface area contributed by atoms with E-state index >= 15 is 0 Å². The van der Waals surface area contributed by atoms with Crippen LogP contribution in [0.25, 0.3) is 0 Å². The highest BCUT2D eigenvalue weighted by molar-refractivity contribution is 5.44. The van der Waals surface area contributed by atoms with Crippen molar-refractivity contribution in [1.82, 2.24) is 0 Å². The van der Waals surface area contributed by atoms with Crippen molar-refractivity contribution >= 4 is 0 Å². The molecule has 4 rings (SSSR count). The van der Waals surface area contributed by atoms with E-state index in [0.29, 0.717) is 23.4 Å². The lowest BCUT2D eigenvalue weighted by atomic mass is 9.56. The molecular weight excluding hydrogens is 284 g/mol. The van der Waals surface area contributed by atoms with Gasteiger partial charge < -0.3 is 9.47 Å². The molecule has 23 heavy (non-hydrogen) atoms. The lowest BCUT2D eigenvalue weighted by Gasteiger charge is -2.49. The van der Waals surface area contributed by atoms with Gasteiger partial charge in [-0.25, -0.2) is 0 Å². The molecule has 124 valence electrons. The predicted molar refractivity (Wildman–Crippen MR) is 93.0 cm³/mol. The molecule has 1 aromatic rings. The van der Waals surface area contributed by atoms with E-state index in [-0.39, 0.29) is 0 Å². The summed E-state index contributed by atoms with van der Waals surface area (Å²) in [7, 11) is 3.67. The SMILES string of the molecule is CC[C@]12CC[C@@H]3c4cc(OC)ccc4CC[C@H]3C1=CC[C@@H]2OC. The highest BCUT2D eigenvalue weighted by Gasteiger charge is 2.52. The Balaban J connectivity index is 1.72. The Bertz CT molecular complexity index is 633. The van der Waals surface area contributed by atoms with Crippen molar-refractivity contribution in [2.24, 2.45) is 11.3 Å². The van der Waals surface area contributed by atoms with Crippen LogP contribution < -0.4 is 4.74 Å². The molecule has 0 aromatic heterocycles. The largest absolute Gasteiger partial charge is 0.497 e. The number of methoxy groups -OCH3 is 2. The van der Waals surface area contributed by atoms with Crippen molar-refractivity contribution in [2.45, 2.75) is 57.5 Å². The summed E-state index contributed by atoms with van der Waals surface area (Å²) in [5.41, 5.74) is 5.12. The van der Waals surface area contributed by atoms with Gasteiger partial charge in [-0.3, -0.25) is 0 Å². The lowest BCUT2D eigenvalue weighted by molar-refractivity contribution is -0.00428. The van der Waals surface area contributed by atoms with Crippen LogP contribution in [0.1, 0.15) is 56.1 Å². The molecule has 4 atom stereocenters. The van der Waals surface area contributed by atoms with E-state index in [0.717, 1.165) is 12.2 Å². The normalized spacial score (nSPS) is 35.1. The van der Waals surface area contributed by atoms with Gasteiger partial charge in [0.05, 0.1) is 13.2 Å². The minimum absolute atomic E-state index is 0.312. The highest BCUT2D eigenvalue weighted by Crippen LogP contribution is 2.60. The quantitative estimate of drug-likeness (QED) is 0.741. The molecule has 0 spiro atoms. The zero-order chi connectivity index (χ0) is 16.0. The standard InChI is InChI=1S/C21H28O2/c1-4-21-12-11-16-17(19(21)9-10-20(21)23-3)8-6-14-5-7-15(22-2)13-18(14)16/h5,7,9,13,16-17,20H,4,6,8,10-12H2,1-3H3/t16-,17+,20-,21-/m0/s1. The summed E-state index contributed by atoms with van der Waals surface area (Å²) >= 11 is 0. The maximum absolute atomic E-state index is 5.89. The molecule has 3 aliphatic rings. The average molecular weight is 312 g/mol. The number of hydrogen-bond acceptors (Lipinski definition) is 2. The van der Waals surface area contributed by atoms with Gasteiger partial charge in [0.25, 0.3) is 0 Å². The van der Waals surface area contributed by atoms with E-state index < -0.39 is 0 Å². The van der Waals surface area contributed by atoms with E-state index in [4.69, 9.17) is 9.47 Å². The van der Waals surface area contributed by atoms with Crippen LogP contribution in [0.15, 0.2) is 29.8 Å². The molecule has 2 heteroatoms. The van der Waals surface area contributed by atoms with E-state index in [1.807, 2.05) is 7.11 Å². The molecule has 0 saturated heterocycles. The van der Waals surface area contributed by atoms with Crippen LogP contribution in [-0.2, 0) is 11.2 Å². The van der Waals surface area contributed by atoms with Crippen LogP contribution in [0, 0.1) is 11.3 Å². The van der Waals surface area contributed by atoms with Crippen LogP contribution in [0.4, 0.5) is 0 Å². The zero-order valence-electron chi connectivity index (χ0n) is 14.6. The second kappa shape index (κ2) is 5.66. The van der Waals surface area contributed by atoms with E-state index in [1.165, 1.54) is 37.7 Å². The van der Waals surface area contributed by atoms with Gasteiger partial charge in [-0.05, 0) is 73.6 Å². The summed E-state index contributed by atoms with van der Waals surface area (Å²) in [6.07, 6.45) is 10.3. The first kappa shape index (κ1) is 15.3. The van der Waals surface area contributed by atoms with Crippen molar-refractivity contribution in [1.29, 1.82) is 0 Å². The molecular formula is C21H28O2. The van der Waals surface area contributed by atoms with Gasteiger partial charge in [0, 0.05) is 12.5 Å². The van der Waals surface area contributed by atoms with Crippen molar-refractivity contribution in [3.63, 3.8) is 0 Å². The maximum Gasteiger partial charge on any atom is 0.119 e. The van der Waals surface area contributed by atoms with Crippen molar-refractivity contribution in [3.8, 4) is 5.75 Å². The minimum Gasteiger partial charge on any atom is -0.497 e. The second-order valence-corrected chi connectivity index (χ2v) is 7.48. The minimum atomic E-state index is 0.312. The van der Waals surface area contributed by atoms with Gasteiger partial charge in [0.2, 0.25) is 0 Å². The van der Waals surface area contributed by atoms with Gasteiger partial charge >= 0.3 is 0 Å². The number of benzene rings is 1. The van der Waals surface area contributed by atoms with Gasteiger partial charge in [0.1, 0.15) is 5.75 Å². The smallest absolute Gasteiger partial charge is 0.119 e. The number of fused-ring (bicyclic) bond motifs is 5. The monoisotopic (exact) mass is 312 g/mol. The Morgan fingerprint density at radius 1 is 1.17 bits per heavy atom. The molecule has 0 radical (unpaired) electrons. The van der Waals surface area contributed by atoms with Crippen LogP contribution in [-0.4, -0.2) is 20.3 Å². The van der Waals surface area contributed by atoms with Gasteiger partial charge in [-0.1, -0.05) is 24.6 Å². The third-order valence-electron chi connectivity index (χ3n) is 6.92. The first-order valence-electron chi connectivity index (χ1n) is 9.13. The molecule has 1 aromatic carbocycles. The fourth-order valence-corrected chi connectivity index (χ4v) is 5.75. The van der Waals surface area contributed by atoms with Gasteiger partial charge in [0.15, 0.2) is 0 Å². The first-order valence-corrected chi connectivity index (χ1v) is 9.13. The summed E-state index contributed by atoms with van der Waals surface area (Å²) in [5, 5.41) is 0. The topological polar surface area (TPSA) is 18.5 Å². The third-order valence-corrected chi connectivity index (χ3v) is 6.92. The summed E-state index contributed by atoms with van der Waals surface area (Å²) in [6, 6.07) is 6.70. The highest BCUT2D eigenvalue weighted by atomic mass is 16.5. The molecule has 3 aliphatic carbocycles. The number of rotatable bonds is 3. The van der Waals surface area contributed by atoms with E-state index in [1.54, 1.807) is 18.2 Å². The molecule has 0 unspecified atom stereocenters. The molecule has 1 fully saturated rings. The van der Waals surface area contributed by atoms with Crippen molar-refractivity contribution in [2.75, 3.05) is 14.2 Å². The number of aryl methyl sites for hydroxylation is 1. The first-order chi connectivity index (χ1) is 11.2. The summed E-state index contributed by atoms with van der Waals surface area (Å²) in [5.74, 6) is 2.39.